The normalized spacial score (nSPS) is 14.6. The molecular weight excluding hydrogens is 214 g/mol. The maximum atomic E-state index is 10.8. The lowest BCUT2D eigenvalue weighted by Gasteiger charge is -2.18. The maximum Gasteiger partial charge on any atom is 0.323 e. The highest BCUT2D eigenvalue weighted by Gasteiger charge is 2.27. The van der Waals surface area contributed by atoms with E-state index in [1.54, 1.807) is 6.07 Å². The van der Waals surface area contributed by atoms with Crippen LogP contribution in [0.2, 0.25) is 5.02 Å². The highest BCUT2D eigenvalue weighted by atomic mass is 35.5. The van der Waals surface area contributed by atoms with Gasteiger partial charge in [-0.3, -0.25) is 4.79 Å². The van der Waals surface area contributed by atoms with Crippen LogP contribution in [-0.2, 0) is 11.2 Å². The molecule has 0 amide bonds. The van der Waals surface area contributed by atoms with Crippen LogP contribution in [0.15, 0.2) is 24.3 Å². The van der Waals surface area contributed by atoms with Crippen LogP contribution < -0.4 is 5.73 Å². The molecule has 1 rings (SSSR count). The Labute approximate surface area is 93.9 Å². The van der Waals surface area contributed by atoms with Crippen LogP contribution >= 0.6 is 11.6 Å². The van der Waals surface area contributed by atoms with Gasteiger partial charge >= 0.3 is 5.97 Å². The zero-order valence-electron chi connectivity index (χ0n) is 8.53. The van der Waals surface area contributed by atoms with Crippen LogP contribution in [0.4, 0.5) is 0 Å². The predicted molar refractivity (Wildman–Crippen MR) is 60.0 cm³/mol. The van der Waals surface area contributed by atoms with E-state index >= 15 is 0 Å². The number of benzene rings is 1. The second-order valence-corrected chi connectivity index (χ2v) is 4.22. The Bertz CT molecular complexity index is 363. The van der Waals surface area contributed by atoms with Crippen molar-refractivity contribution in [1.29, 1.82) is 0 Å². The van der Waals surface area contributed by atoms with E-state index < -0.39 is 11.5 Å². The first-order chi connectivity index (χ1) is 6.93. The Morgan fingerprint density at radius 3 is 2.67 bits per heavy atom. The summed E-state index contributed by atoms with van der Waals surface area (Å²) in [7, 11) is 0. The molecule has 0 saturated heterocycles. The first kappa shape index (κ1) is 12.0. The van der Waals surface area contributed by atoms with Crippen molar-refractivity contribution in [3.63, 3.8) is 0 Å². The largest absolute Gasteiger partial charge is 0.480 e. The van der Waals surface area contributed by atoms with Gasteiger partial charge in [0.15, 0.2) is 0 Å². The van der Waals surface area contributed by atoms with E-state index in [1.807, 2.05) is 18.2 Å². The summed E-state index contributed by atoms with van der Waals surface area (Å²) in [5.74, 6) is -0.991. The zero-order valence-corrected chi connectivity index (χ0v) is 9.29. The predicted octanol–water partition coefficient (Wildman–Crippen LogP) is 2.07. The molecule has 3 nitrogen and oxygen atoms in total. The number of aryl methyl sites for hydroxylation is 1. The van der Waals surface area contributed by atoms with Gasteiger partial charge < -0.3 is 10.8 Å². The van der Waals surface area contributed by atoms with Gasteiger partial charge in [-0.05, 0) is 31.4 Å². The minimum Gasteiger partial charge on any atom is -0.480 e. The van der Waals surface area contributed by atoms with Gasteiger partial charge in [0.05, 0.1) is 0 Å². The topological polar surface area (TPSA) is 63.3 Å². The van der Waals surface area contributed by atoms with Crippen molar-refractivity contribution < 1.29 is 9.90 Å². The Morgan fingerprint density at radius 1 is 1.53 bits per heavy atom. The van der Waals surface area contributed by atoms with E-state index in [2.05, 4.69) is 0 Å². The first-order valence-electron chi connectivity index (χ1n) is 4.69. The van der Waals surface area contributed by atoms with Gasteiger partial charge in [-0.25, -0.2) is 0 Å². The molecule has 4 heteroatoms. The molecule has 0 aliphatic carbocycles. The van der Waals surface area contributed by atoms with Gasteiger partial charge in [0, 0.05) is 5.02 Å². The smallest absolute Gasteiger partial charge is 0.323 e. The summed E-state index contributed by atoms with van der Waals surface area (Å²) in [6.07, 6.45) is 0.936. The fourth-order valence-electron chi connectivity index (χ4n) is 1.20. The lowest BCUT2D eigenvalue weighted by molar-refractivity contribution is -0.142. The van der Waals surface area contributed by atoms with Crippen molar-refractivity contribution in [1.82, 2.24) is 0 Å². The van der Waals surface area contributed by atoms with Crippen molar-refractivity contribution in [2.45, 2.75) is 25.3 Å². The number of carboxylic acids is 1. The highest BCUT2D eigenvalue weighted by Crippen LogP contribution is 2.19. The third-order valence-corrected chi connectivity index (χ3v) is 2.73. The van der Waals surface area contributed by atoms with Crippen molar-refractivity contribution in [2.75, 3.05) is 0 Å². The molecule has 0 bridgehead atoms. The van der Waals surface area contributed by atoms with E-state index in [0.717, 1.165) is 5.56 Å². The van der Waals surface area contributed by atoms with Crippen LogP contribution in [-0.4, -0.2) is 16.6 Å². The van der Waals surface area contributed by atoms with Gasteiger partial charge in [0.1, 0.15) is 5.54 Å². The molecule has 0 aliphatic heterocycles. The molecule has 0 saturated carbocycles. The molecule has 0 aromatic heterocycles. The summed E-state index contributed by atoms with van der Waals surface area (Å²) in [4.78, 5) is 10.8. The molecule has 15 heavy (non-hydrogen) atoms. The van der Waals surface area contributed by atoms with E-state index in [4.69, 9.17) is 22.4 Å². The molecule has 0 radical (unpaired) electrons. The number of nitrogens with two attached hydrogens (primary N) is 1. The monoisotopic (exact) mass is 227 g/mol. The third-order valence-electron chi connectivity index (χ3n) is 2.36. The maximum absolute atomic E-state index is 10.8. The Kier molecular flexibility index (Phi) is 3.72. The van der Waals surface area contributed by atoms with Gasteiger partial charge in [0.25, 0.3) is 0 Å². The number of rotatable bonds is 4. The fourth-order valence-corrected chi connectivity index (χ4v) is 1.43. The molecule has 0 heterocycles. The summed E-state index contributed by atoms with van der Waals surface area (Å²) in [5.41, 5.74) is 5.35. The van der Waals surface area contributed by atoms with Crippen LogP contribution in [0.5, 0.6) is 0 Å². The van der Waals surface area contributed by atoms with Crippen molar-refractivity contribution >= 4 is 17.6 Å². The molecule has 0 fully saturated rings. The van der Waals surface area contributed by atoms with Gasteiger partial charge in [0.2, 0.25) is 0 Å². The molecule has 1 aromatic rings. The van der Waals surface area contributed by atoms with Crippen LogP contribution in [0.25, 0.3) is 0 Å². The number of hydrogen-bond donors (Lipinski definition) is 2. The number of carboxylic acid groups (broad SMARTS) is 1. The molecular formula is C11H14ClNO2. The average molecular weight is 228 g/mol. The molecule has 1 unspecified atom stereocenters. The SMILES string of the molecule is CC(N)(CCc1ccccc1Cl)C(=O)O. The quantitative estimate of drug-likeness (QED) is 0.828. The van der Waals surface area contributed by atoms with Gasteiger partial charge in [-0.2, -0.15) is 0 Å². The number of halogens is 1. The fraction of sp³-hybridized carbons (Fsp3) is 0.364. The van der Waals surface area contributed by atoms with E-state index in [-0.39, 0.29) is 0 Å². The van der Waals surface area contributed by atoms with E-state index in [1.165, 1.54) is 6.92 Å². The minimum atomic E-state index is -1.20. The highest BCUT2D eigenvalue weighted by molar-refractivity contribution is 6.31. The molecule has 0 aliphatic rings. The summed E-state index contributed by atoms with van der Waals surface area (Å²) in [6, 6.07) is 7.37. The number of aliphatic carboxylic acids is 1. The second kappa shape index (κ2) is 4.64. The van der Waals surface area contributed by atoms with Gasteiger partial charge in [-0.1, -0.05) is 29.8 Å². The molecule has 1 aromatic carbocycles. The van der Waals surface area contributed by atoms with Crippen LogP contribution in [0.1, 0.15) is 18.9 Å². The Hall–Kier alpha value is -1.06. The third kappa shape index (κ3) is 3.22. The lowest BCUT2D eigenvalue weighted by atomic mass is 9.94. The molecule has 82 valence electrons. The van der Waals surface area contributed by atoms with Crippen molar-refractivity contribution in [2.24, 2.45) is 5.73 Å². The Balaban J connectivity index is 2.66. The van der Waals surface area contributed by atoms with Crippen LogP contribution in [0.3, 0.4) is 0 Å². The molecule has 3 N–H and O–H groups in total. The molecule has 1 atom stereocenters. The zero-order chi connectivity index (χ0) is 11.5. The molecule has 0 spiro atoms. The Morgan fingerprint density at radius 2 is 2.13 bits per heavy atom. The average Bonchev–Trinajstić information content (AvgIpc) is 2.16. The van der Waals surface area contributed by atoms with Crippen molar-refractivity contribution in [3.05, 3.63) is 34.9 Å². The second-order valence-electron chi connectivity index (χ2n) is 3.81. The van der Waals surface area contributed by atoms with E-state index in [9.17, 15) is 4.79 Å². The van der Waals surface area contributed by atoms with Gasteiger partial charge in [-0.15, -0.1) is 0 Å². The van der Waals surface area contributed by atoms with Crippen LogP contribution in [0, 0.1) is 0 Å². The summed E-state index contributed by atoms with van der Waals surface area (Å²) < 4.78 is 0. The summed E-state index contributed by atoms with van der Waals surface area (Å²) >= 11 is 5.94. The number of carbonyl (C=O) groups is 1. The van der Waals surface area contributed by atoms with E-state index in [0.29, 0.717) is 17.9 Å². The number of hydrogen-bond acceptors (Lipinski definition) is 2. The summed E-state index contributed by atoms with van der Waals surface area (Å²) in [5, 5.41) is 9.48. The summed E-state index contributed by atoms with van der Waals surface area (Å²) in [6.45, 7) is 1.51. The lowest BCUT2D eigenvalue weighted by Crippen LogP contribution is -2.45. The minimum absolute atomic E-state index is 0.367. The van der Waals surface area contributed by atoms with Crippen molar-refractivity contribution in [3.8, 4) is 0 Å². The standard InChI is InChI=1S/C11H14ClNO2/c1-11(13,10(14)15)7-6-8-4-2-3-5-9(8)12/h2-5H,6-7,13H2,1H3,(H,14,15). The first-order valence-corrected chi connectivity index (χ1v) is 5.07.